The van der Waals surface area contributed by atoms with Gasteiger partial charge in [-0.1, -0.05) is 43.4 Å². The van der Waals surface area contributed by atoms with Crippen molar-refractivity contribution >= 4 is 23.5 Å². The predicted molar refractivity (Wildman–Crippen MR) is 95.1 cm³/mol. The van der Waals surface area contributed by atoms with E-state index in [4.69, 9.17) is 4.84 Å². The maximum atomic E-state index is 11.4. The third-order valence-electron chi connectivity index (χ3n) is 3.44. The van der Waals surface area contributed by atoms with Gasteiger partial charge >= 0.3 is 12.1 Å². The van der Waals surface area contributed by atoms with Crippen LogP contribution in [0.3, 0.4) is 0 Å². The first-order valence-electron chi connectivity index (χ1n) is 8.71. The quantitative estimate of drug-likeness (QED) is 0.250. The molecule has 138 valence electrons. The molecule has 0 aromatic rings. The highest BCUT2D eigenvalue weighted by Crippen LogP contribution is 2.06. The molecule has 0 bridgehead atoms. The van der Waals surface area contributed by atoms with Crippen LogP contribution < -0.4 is 5.32 Å². The van der Waals surface area contributed by atoms with Gasteiger partial charge in [0, 0.05) is 13.0 Å². The molecule has 0 unspecified atom stereocenters. The molecule has 0 aliphatic carbocycles. The Morgan fingerprint density at radius 1 is 0.833 bits per heavy atom. The number of hydrogen-bond acceptors (Lipinski definition) is 6. The molecule has 0 saturated carbocycles. The number of rotatable bonds is 12. The van der Waals surface area contributed by atoms with E-state index in [0.717, 1.165) is 56.4 Å². The molecule has 0 aromatic heterocycles. The first-order chi connectivity index (χ1) is 11.5. The fourth-order valence-electron chi connectivity index (χ4n) is 1.57. The summed E-state index contributed by atoms with van der Waals surface area (Å²) in [6.07, 6.45) is 6.01. The number of carbonyl (C=O) groups excluding carboxylic acids is 2. The molecule has 1 amide bonds. The normalized spacial score (nSPS) is 12.0. The van der Waals surface area contributed by atoms with Gasteiger partial charge in [-0.2, -0.15) is 0 Å². The van der Waals surface area contributed by atoms with Gasteiger partial charge in [0.1, 0.15) is 0 Å². The second-order valence-electron chi connectivity index (χ2n) is 5.65. The van der Waals surface area contributed by atoms with E-state index in [2.05, 4.69) is 20.5 Å². The van der Waals surface area contributed by atoms with E-state index in [1.54, 1.807) is 6.92 Å². The predicted octanol–water partition coefficient (Wildman–Crippen LogP) is 4.17. The van der Waals surface area contributed by atoms with Crippen molar-refractivity contribution in [3.63, 3.8) is 0 Å². The van der Waals surface area contributed by atoms with Crippen LogP contribution >= 0.6 is 0 Å². The van der Waals surface area contributed by atoms with E-state index in [-0.39, 0.29) is 5.97 Å². The monoisotopic (exact) mass is 341 g/mol. The van der Waals surface area contributed by atoms with Crippen molar-refractivity contribution < 1.29 is 19.3 Å². The van der Waals surface area contributed by atoms with Crippen molar-refractivity contribution in [3.05, 3.63) is 0 Å². The lowest BCUT2D eigenvalue weighted by Gasteiger charge is -2.04. The Labute approximate surface area is 144 Å². The number of hydrogen-bond donors (Lipinski definition) is 1. The Hall–Kier alpha value is -1.92. The standard InChI is InChI=1S/C17H31N3O4/c1-5-14(3)19-23-16(21)12-10-8-7-9-11-13-18-17(22)24-20-15(4)6-2/h5-13H2,1-4H3,(H,18,22)/b19-14+,20-15+. The molecule has 0 fully saturated rings. The summed E-state index contributed by atoms with van der Waals surface area (Å²) in [4.78, 5) is 32.2. The summed E-state index contributed by atoms with van der Waals surface area (Å²) < 4.78 is 0. The van der Waals surface area contributed by atoms with Gasteiger partial charge in [-0.25, -0.2) is 9.59 Å². The molecule has 0 aliphatic rings. The van der Waals surface area contributed by atoms with E-state index >= 15 is 0 Å². The molecule has 7 nitrogen and oxygen atoms in total. The fourth-order valence-corrected chi connectivity index (χ4v) is 1.57. The fraction of sp³-hybridized carbons (Fsp3) is 0.765. The molecule has 0 aliphatic heterocycles. The number of oxime groups is 2. The van der Waals surface area contributed by atoms with E-state index in [1.165, 1.54) is 0 Å². The summed E-state index contributed by atoms with van der Waals surface area (Å²) >= 11 is 0. The number of unbranched alkanes of at least 4 members (excludes halogenated alkanes) is 4. The molecule has 0 heterocycles. The summed E-state index contributed by atoms with van der Waals surface area (Å²) in [5.74, 6) is -0.282. The van der Waals surface area contributed by atoms with Gasteiger partial charge in [0.05, 0.1) is 11.4 Å². The van der Waals surface area contributed by atoms with Crippen LogP contribution in [0.5, 0.6) is 0 Å². The zero-order valence-electron chi connectivity index (χ0n) is 15.4. The van der Waals surface area contributed by atoms with Crippen LogP contribution in [0.1, 0.15) is 79.1 Å². The van der Waals surface area contributed by atoms with Gasteiger partial charge < -0.3 is 10.2 Å². The van der Waals surface area contributed by atoms with Crippen LogP contribution in [0.2, 0.25) is 0 Å². The Balaban J connectivity index is 3.48. The molecule has 0 radical (unpaired) electrons. The molecule has 0 spiro atoms. The molecule has 24 heavy (non-hydrogen) atoms. The Kier molecular flexibility index (Phi) is 13.5. The minimum absolute atomic E-state index is 0.282. The van der Waals surface area contributed by atoms with Gasteiger partial charge in [0.15, 0.2) is 0 Å². The lowest BCUT2D eigenvalue weighted by molar-refractivity contribution is -0.143. The molecule has 0 rings (SSSR count). The van der Waals surface area contributed by atoms with E-state index in [9.17, 15) is 9.59 Å². The zero-order chi connectivity index (χ0) is 18.2. The molecule has 0 aromatic carbocycles. The van der Waals surface area contributed by atoms with E-state index in [1.807, 2.05) is 20.8 Å². The minimum Gasteiger partial charge on any atom is -0.320 e. The molecule has 1 N–H and O–H groups in total. The summed E-state index contributed by atoms with van der Waals surface area (Å²) in [7, 11) is 0. The highest BCUT2D eigenvalue weighted by molar-refractivity contribution is 5.82. The summed E-state index contributed by atoms with van der Waals surface area (Å²) in [6.45, 7) is 8.10. The molecule has 0 atom stereocenters. The molecular weight excluding hydrogens is 310 g/mol. The summed E-state index contributed by atoms with van der Waals surface area (Å²) in [5, 5.41) is 10.1. The average Bonchev–Trinajstić information content (AvgIpc) is 2.59. The van der Waals surface area contributed by atoms with E-state index < -0.39 is 6.09 Å². The smallest absolute Gasteiger partial charge is 0.320 e. The number of amides is 1. The lowest BCUT2D eigenvalue weighted by atomic mass is 10.1. The Morgan fingerprint density at radius 3 is 2.00 bits per heavy atom. The highest BCUT2D eigenvalue weighted by Gasteiger charge is 2.03. The maximum absolute atomic E-state index is 11.4. The first-order valence-corrected chi connectivity index (χ1v) is 8.71. The largest absolute Gasteiger partial charge is 0.433 e. The second kappa shape index (κ2) is 14.7. The molecule has 7 heteroatoms. The van der Waals surface area contributed by atoms with Gasteiger partial charge in [0.2, 0.25) is 0 Å². The van der Waals surface area contributed by atoms with E-state index in [0.29, 0.717) is 13.0 Å². The average molecular weight is 341 g/mol. The zero-order valence-corrected chi connectivity index (χ0v) is 15.4. The summed E-state index contributed by atoms with van der Waals surface area (Å²) in [6, 6.07) is 0. The summed E-state index contributed by atoms with van der Waals surface area (Å²) in [5.41, 5.74) is 1.59. The second-order valence-corrected chi connectivity index (χ2v) is 5.65. The van der Waals surface area contributed by atoms with Crippen LogP contribution in [0.15, 0.2) is 10.3 Å². The van der Waals surface area contributed by atoms with Gasteiger partial charge in [0.25, 0.3) is 0 Å². The Morgan fingerprint density at radius 2 is 1.38 bits per heavy atom. The lowest BCUT2D eigenvalue weighted by Crippen LogP contribution is -2.24. The SMILES string of the molecule is CC/C(C)=N/OC(=O)CCCCCCCNC(=O)O/N=C(\C)CC. The van der Waals surface area contributed by atoms with Gasteiger partial charge in [-0.05, 0) is 39.5 Å². The van der Waals surface area contributed by atoms with Crippen LogP contribution in [0, 0.1) is 0 Å². The van der Waals surface area contributed by atoms with Crippen molar-refractivity contribution in [2.75, 3.05) is 6.54 Å². The maximum Gasteiger partial charge on any atom is 0.433 e. The van der Waals surface area contributed by atoms with Gasteiger partial charge in [-0.15, -0.1) is 0 Å². The number of nitrogens with one attached hydrogen (secondary N) is 1. The third-order valence-corrected chi connectivity index (χ3v) is 3.44. The third kappa shape index (κ3) is 13.7. The van der Waals surface area contributed by atoms with Crippen molar-refractivity contribution in [3.8, 4) is 0 Å². The van der Waals surface area contributed by atoms with Crippen LogP contribution in [-0.4, -0.2) is 30.0 Å². The van der Waals surface area contributed by atoms with Crippen molar-refractivity contribution in [1.82, 2.24) is 5.32 Å². The Bertz CT molecular complexity index is 394. The molecule has 0 saturated heterocycles. The van der Waals surface area contributed by atoms with Crippen molar-refractivity contribution in [1.29, 1.82) is 0 Å². The van der Waals surface area contributed by atoms with Crippen molar-refractivity contribution in [2.45, 2.75) is 79.1 Å². The first kappa shape index (κ1) is 22.1. The van der Waals surface area contributed by atoms with Crippen LogP contribution in [-0.2, 0) is 14.5 Å². The van der Waals surface area contributed by atoms with Crippen LogP contribution in [0.25, 0.3) is 0 Å². The highest BCUT2D eigenvalue weighted by atomic mass is 16.7. The number of nitrogens with zero attached hydrogens (tertiary/aromatic N) is 2. The van der Waals surface area contributed by atoms with Gasteiger partial charge in [-0.3, -0.25) is 4.84 Å². The minimum atomic E-state index is -0.520. The van der Waals surface area contributed by atoms with Crippen molar-refractivity contribution in [2.24, 2.45) is 10.3 Å². The van der Waals surface area contributed by atoms with Crippen LogP contribution in [0.4, 0.5) is 4.79 Å². The molecular formula is C17H31N3O4. The topological polar surface area (TPSA) is 89.3 Å². The number of carbonyl (C=O) groups is 2.